The topological polar surface area (TPSA) is 91.9 Å². The van der Waals surface area contributed by atoms with Gasteiger partial charge in [-0.05, 0) is 31.4 Å². The third-order valence-corrected chi connectivity index (χ3v) is 6.52. The summed E-state index contributed by atoms with van der Waals surface area (Å²) in [4.78, 5) is 18.4. The summed E-state index contributed by atoms with van der Waals surface area (Å²) in [5.74, 6) is -1.42. The number of halogens is 2. The van der Waals surface area contributed by atoms with Gasteiger partial charge in [-0.2, -0.15) is 0 Å². The Balaban J connectivity index is 1.95. The van der Waals surface area contributed by atoms with Crippen molar-refractivity contribution in [2.45, 2.75) is 37.4 Å². The van der Waals surface area contributed by atoms with Crippen molar-refractivity contribution in [1.29, 1.82) is 0 Å². The third kappa shape index (κ3) is 2.58. The van der Waals surface area contributed by atoms with Gasteiger partial charge in [-0.25, -0.2) is 26.9 Å². The van der Waals surface area contributed by atoms with Gasteiger partial charge >= 0.3 is 0 Å². The summed E-state index contributed by atoms with van der Waals surface area (Å²) in [5, 5.41) is 0. The van der Waals surface area contributed by atoms with Gasteiger partial charge in [0.25, 0.3) is 12.3 Å². The molecule has 9 heteroatoms. The first-order valence-corrected chi connectivity index (χ1v) is 8.61. The smallest absolute Gasteiger partial charge is 0.295 e. The Morgan fingerprint density at radius 2 is 2.13 bits per heavy atom. The molecule has 6 nitrogen and oxygen atoms in total. The highest BCUT2D eigenvalue weighted by Gasteiger charge is 2.53. The molecule has 124 valence electrons. The molecule has 3 rings (SSSR count). The van der Waals surface area contributed by atoms with Crippen LogP contribution in [0.3, 0.4) is 0 Å². The monoisotopic (exact) mass is 343 g/mol. The number of nitrogens with one attached hydrogen (secondary N) is 2. The number of hydrogen-bond donors (Lipinski definition) is 2. The van der Waals surface area contributed by atoms with Gasteiger partial charge in [-0.15, -0.1) is 0 Å². The van der Waals surface area contributed by atoms with Gasteiger partial charge in [-0.3, -0.25) is 4.79 Å². The van der Waals surface area contributed by atoms with Gasteiger partial charge in [0.1, 0.15) is 5.52 Å². The zero-order valence-electron chi connectivity index (χ0n) is 12.3. The molecule has 1 aliphatic carbocycles. The summed E-state index contributed by atoms with van der Waals surface area (Å²) < 4.78 is 51.2. The van der Waals surface area contributed by atoms with Crippen LogP contribution in [0.15, 0.2) is 18.2 Å². The highest BCUT2D eigenvalue weighted by Crippen LogP contribution is 2.45. The summed E-state index contributed by atoms with van der Waals surface area (Å²) in [5.41, 5.74) is 0.222. The number of H-pyrrole nitrogens is 1. The molecule has 1 saturated carbocycles. The Kier molecular flexibility index (Phi) is 3.62. The fraction of sp³-hybridized carbons (Fsp3) is 0.429. The largest absolute Gasteiger partial charge is 0.337 e. The molecule has 0 aliphatic heterocycles. The van der Waals surface area contributed by atoms with Gasteiger partial charge in [0.05, 0.1) is 15.8 Å². The highest BCUT2D eigenvalue weighted by molar-refractivity contribution is 7.91. The van der Waals surface area contributed by atoms with Crippen molar-refractivity contribution >= 4 is 27.0 Å². The zero-order valence-corrected chi connectivity index (χ0v) is 13.1. The summed E-state index contributed by atoms with van der Waals surface area (Å²) in [6.45, 7) is 1.75. The Labute approximate surface area is 131 Å². The van der Waals surface area contributed by atoms with Gasteiger partial charge in [0.15, 0.2) is 5.82 Å². The Morgan fingerprint density at radius 1 is 1.43 bits per heavy atom. The number of fused-ring (bicyclic) bond motifs is 1. The van der Waals surface area contributed by atoms with Crippen LogP contribution >= 0.6 is 0 Å². The van der Waals surface area contributed by atoms with Crippen LogP contribution in [0.1, 0.15) is 48.8 Å². The second-order valence-electron chi connectivity index (χ2n) is 5.60. The fourth-order valence-corrected chi connectivity index (χ4v) is 4.16. The number of benzene rings is 1. The second kappa shape index (κ2) is 5.26. The quantitative estimate of drug-likeness (QED) is 0.872. The number of aromatic amines is 1. The first-order chi connectivity index (χ1) is 10.8. The van der Waals surface area contributed by atoms with E-state index in [1.165, 1.54) is 18.2 Å². The summed E-state index contributed by atoms with van der Waals surface area (Å²) in [7, 11) is -3.81. The van der Waals surface area contributed by atoms with Gasteiger partial charge in [0, 0.05) is 0 Å². The van der Waals surface area contributed by atoms with E-state index < -0.39 is 32.9 Å². The second-order valence-corrected chi connectivity index (χ2v) is 7.67. The molecule has 1 aliphatic rings. The van der Waals surface area contributed by atoms with E-state index in [0.717, 1.165) is 0 Å². The molecule has 1 heterocycles. The molecular formula is C14H15F2N3O3S. The van der Waals surface area contributed by atoms with E-state index >= 15 is 0 Å². The molecule has 0 atom stereocenters. The predicted octanol–water partition coefficient (Wildman–Crippen LogP) is 2.50. The first-order valence-electron chi connectivity index (χ1n) is 7.13. The number of imidazole rings is 1. The van der Waals surface area contributed by atoms with Crippen LogP contribution in [0.2, 0.25) is 0 Å². The van der Waals surface area contributed by atoms with Gasteiger partial charge in [-0.1, -0.05) is 13.0 Å². The molecule has 0 saturated heterocycles. The number of aromatic nitrogens is 2. The van der Waals surface area contributed by atoms with Crippen molar-refractivity contribution < 1.29 is 22.0 Å². The highest BCUT2D eigenvalue weighted by atomic mass is 32.2. The van der Waals surface area contributed by atoms with E-state index in [4.69, 9.17) is 0 Å². The van der Waals surface area contributed by atoms with E-state index in [0.29, 0.717) is 19.3 Å². The molecule has 0 unspecified atom stereocenters. The van der Waals surface area contributed by atoms with Crippen molar-refractivity contribution in [3.8, 4) is 0 Å². The fourth-order valence-electron chi connectivity index (χ4n) is 2.57. The SMILES string of the molecule is CCC1(S(=O)(=O)NC(=O)c2cccc3[nH]c(C(F)F)nc23)CC1. The molecule has 1 amide bonds. The van der Waals surface area contributed by atoms with Gasteiger partial charge in [0.2, 0.25) is 10.0 Å². The van der Waals surface area contributed by atoms with Crippen molar-refractivity contribution in [2.75, 3.05) is 0 Å². The van der Waals surface area contributed by atoms with Crippen LogP contribution in [-0.4, -0.2) is 29.0 Å². The maximum absolute atomic E-state index is 12.7. The molecule has 0 radical (unpaired) electrons. The van der Waals surface area contributed by atoms with Gasteiger partial charge < -0.3 is 4.98 Å². The van der Waals surface area contributed by atoms with Crippen molar-refractivity contribution in [1.82, 2.24) is 14.7 Å². The van der Waals surface area contributed by atoms with Crippen molar-refractivity contribution in [3.05, 3.63) is 29.6 Å². The number of rotatable bonds is 5. The molecule has 1 aromatic carbocycles. The lowest BCUT2D eigenvalue weighted by Crippen LogP contribution is -2.39. The molecule has 23 heavy (non-hydrogen) atoms. The van der Waals surface area contributed by atoms with E-state index in [-0.39, 0.29) is 16.6 Å². The van der Waals surface area contributed by atoms with E-state index in [1.807, 2.05) is 4.72 Å². The van der Waals surface area contributed by atoms with E-state index in [9.17, 15) is 22.0 Å². The number of carbonyl (C=O) groups excluding carboxylic acids is 1. The minimum atomic E-state index is -3.81. The lowest BCUT2D eigenvalue weighted by atomic mass is 10.2. The molecule has 2 aromatic rings. The zero-order chi connectivity index (χ0) is 16.8. The summed E-state index contributed by atoms with van der Waals surface area (Å²) >= 11 is 0. The molecule has 0 spiro atoms. The van der Waals surface area contributed by atoms with Crippen LogP contribution in [0.25, 0.3) is 11.0 Å². The van der Waals surface area contributed by atoms with E-state index in [2.05, 4.69) is 9.97 Å². The third-order valence-electron chi connectivity index (χ3n) is 4.23. The minimum Gasteiger partial charge on any atom is -0.337 e. The number of amides is 1. The normalized spacial score (nSPS) is 16.7. The van der Waals surface area contributed by atoms with Crippen LogP contribution in [0, 0.1) is 0 Å². The molecule has 1 fully saturated rings. The lowest BCUT2D eigenvalue weighted by molar-refractivity contribution is 0.0982. The van der Waals surface area contributed by atoms with Crippen LogP contribution in [0.5, 0.6) is 0 Å². The van der Waals surface area contributed by atoms with E-state index in [1.54, 1.807) is 6.92 Å². The Hall–Kier alpha value is -2.03. The van der Waals surface area contributed by atoms with Crippen LogP contribution in [0.4, 0.5) is 8.78 Å². The molecular weight excluding hydrogens is 328 g/mol. The van der Waals surface area contributed by atoms with Crippen LogP contribution in [-0.2, 0) is 10.0 Å². The number of hydrogen-bond acceptors (Lipinski definition) is 4. The Morgan fingerprint density at radius 3 is 2.70 bits per heavy atom. The van der Waals surface area contributed by atoms with Crippen LogP contribution < -0.4 is 4.72 Å². The lowest BCUT2D eigenvalue weighted by Gasteiger charge is -2.14. The number of alkyl halides is 2. The predicted molar refractivity (Wildman–Crippen MR) is 79.7 cm³/mol. The maximum atomic E-state index is 12.7. The number of sulfonamides is 1. The average Bonchev–Trinajstić information content (AvgIpc) is 3.18. The summed E-state index contributed by atoms with van der Waals surface area (Å²) in [6.07, 6.45) is -1.38. The van der Waals surface area contributed by atoms with Crippen molar-refractivity contribution in [2.24, 2.45) is 0 Å². The number of carbonyl (C=O) groups is 1. The van der Waals surface area contributed by atoms with Crippen molar-refractivity contribution in [3.63, 3.8) is 0 Å². The average molecular weight is 343 g/mol. The first kappa shape index (κ1) is 15.9. The maximum Gasteiger partial charge on any atom is 0.295 e. The Bertz CT molecular complexity index is 873. The molecule has 2 N–H and O–H groups in total. The summed E-state index contributed by atoms with van der Waals surface area (Å²) in [6, 6.07) is 4.33. The molecule has 0 bridgehead atoms. The molecule has 1 aromatic heterocycles. The number of para-hydroxylation sites is 1. The number of nitrogens with zero attached hydrogens (tertiary/aromatic N) is 1. The minimum absolute atomic E-state index is 0.0249. The standard InChI is InChI=1S/C14H15F2N3O3S/c1-2-14(6-7-14)23(21,22)19-13(20)8-4-3-5-9-10(8)18-12(17-9)11(15)16/h3-5,11H,2,6-7H2,1H3,(H,17,18)(H,19,20).